The zero-order chi connectivity index (χ0) is 19.6. The number of carbonyl (C=O) groups excluding carboxylic acids is 1. The molecule has 9 heteroatoms. The molecule has 8 nitrogen and oxygen atoms in total. The normalized spacial score (nSPS) is 16.0. The molecule has 27 heavy (non-hydrogen) atoms. The van der Waals surface area contributed by atoms with Crippen LogP contribution >= 0.6 is 0 Å². The molecule has 0 aliphatic carbocycles. The highest BCUT2D eigenvalue weighted by Crippen LogP contribution is 2.24. The highest BCUT2D eigenvalue weighted by Gasteiger charge is 2.26. The van der Waals surface area contributed by atoms with Crippen molar-refractivity contribution < 1.29 is 18.0 Å². The first-order valence-corrected chi connectivity index (χ1v) is 10.5. The number of carbonyl (C=O) groups is 1. The minimum absolute atomic E-state index is 0.141. The second-order valence-corrected chi connectivity index (χ2v) is 8.71. The first-order valence-electron chi connectivity index (χ1n) is 9.11. The topological polar surface area (TPSA) is 84.7 Å². The number of fused-ring (bicyclic) bond motifs is 1. The van der Waals surface area contributed by atoms with Gasteiger partial charge in [-0.25, -0.2) is 18.5 Å². The van der Waals surface area contributed by atoms with Gasteiger partial charge in [0.1, 0.15) is 5.82 Å². The smallest absolute Gasteiger partial charge is 0.246 e. The Labute approximate surface area is 159 Å². The summed E-state index contributed by atoms with van der Waals surface area (Å²) in [5.74, 6) is 0.591. The number of aromatic nitrogens is 2. The van der Waals surface area contributed by atoms with Crippen LogP contribution in [0.3, 0.4) is 0 Å². The number of imidazole rings is 1. The number of rotatable bonds is 6. The number of amides is 1. The Balaban J connectivity index is 1.84. The fourth-order valence-electron chi connectivity index (χ4n) is 3.35. The van der Waals surface area contributed by atoms with E-state index >= 15 is 0 Å². The van der Waals surface area contributed by atoms with Crippen LogP contribution in [-0.2, 0) is 33.1 Å². The van der Waals surface area contributed by atoms with E-state index in [-0.39, 0.29) is 17.2 Å². The van der Waals surface area contributed by atoms with E-state index in [0.717, 1.165) is 30.6 Å². The Morgan fingerprint density at radius 3 is 2.63 bits per heavy atom. The Kier molecular flexibility index (Phi) is 5.83. The molecule has 0 radical (unpaired) electrons. The van der Waals surface area contributed by atoms with E-state index in [4.69, 9.17) is 4.84 Å². The van der Waals surface area contributed by atoms with Gasteiger partial charge in [0, 0.05) is 40.0 Å². The van der Waals surface area contributed by atoms with Crippen LogP contribution in [0, 0.1) is 0 Å². The average molecular weight is 394 g/mol. The van der Waals surface area contributed by atoms with Crippen molar-refractivity contribution in [2.75, 3.05) is 27.2 Å². The summed E-state index contributed by atoms with van der Waals surface area (Å²) in [6, 6.07) is 5.05. The largest absolute Gasteiger partial charge is 0.331 e. The van der Waals surface area contributed by atoms with E-state index < -0.39 is 10.0 Å². The molecule has 1 aliphatic heterocycles. The zero-order valence-corrected chi connectivity index (χ0v) is 16.8. The lowest BCUT2D eigenvalue weighted by atomic mass is 10.2. The summed E-state index contributed by atoms with van der Waals surface area (Å²) < 4.78 is 29.2. The van der Waals surface area contributed by atoms with E-state index in [2.05, 4.69) is 4.98 Å². The van der Waals surface area contributed by atoms with E-state index in [0.29, 0.717) is 25.0 Å². The maximum atomic E-state index is 12.9. The van der Waals surface area contributed by atoms with Crippen molar-refractivity contribution in [1.82, 2.24) is 18.9 Å². The van der Waals surface area contributed by atoms with E-state index in [1.807, 2.05) is 11.6 Å². The molecule has 1 aliphatic rings. The lowest BCUT2D eigenvalue weighted by molar-refractivity contribution is -0.168. The minimum atomic E-state index is -3.49. The monoisotopic (exact) mass is 394 g/mol. The standard InChI is InChI=1S/C18H26N4O4S/c1-20-16-8-7-14(27(24,25)22-11-5-4-6-12-22)13-15(16)19-17(20)9-10-18(23)21(2)26-3/h7-8,13H,4-6,9-12H2,1-3H3. The van der Waals surface area contributed by atoms with Gasteiger partial charge in [-0.05, 0) is 31.0 Å². The third-order valence-electron chi connectivity index (χ3n) is 5.09. The van der Waals surface area contributed by atoms with Gasteiger partial charge in [-0.3, -0.25) is 9.63 Å². The van der Waals surface area contributed by atoms with Crippen LogP contribution in [0.15, 0.2) is 23.1 Å². The van der Waals surface area contributed by atoms with Gasteiger partial charge in [0.15, 0.2) is 0 Å². The summed E-state index contributed by atoms with van der Waals surface area (Å²) in [6.45, 7) is 1.14. The number of sulfonamides is 1. The van der Waals surface area contributed by atoms with Crippen LogP contribution in [-0.4, -0.2) is 60.5 Å². The summed E-state index contributed by atoms with van der Waals surface area (Å²) in [7, 11) is 1.38. The van der Waals surface area contributed by atoms with Crippen LogP contribution in [0.5, 0.6) is 0 Å². The second-order valence-electron chi connectivity index (χ2n) is 6.78. The number of aryl methyl sites for hydroxylation is 2. The van der Waals surface area contributed by atoms with Crippen molar-refractivity contribution in [3.63, 3.8) is 0 Å². The number of hydrogen-bond acceptors (Lipinski definition) is 5. The van der Waals surface area contributed by atoms with Crippen molar-refractivity contribution in [1.29, 1.82) is 0 Å². The fraction of sp³-hybridized carbons (Fsp3) is 0.556. The van der Waals surface area contributed by atoms with E-state index in [1.54, 1.807) is 29.6 Å². The Hall–Kier alpha value is -1.97. The number of piperidine rings is 1. The Morgan fingerprint density at radius 2 is 1.96 bits per heavy atom. The van der Waals surface area contributed by atoms with Crippen LogP contribution in [0.1, 0.15) is 31.5 Å². The predicted molar refractivity (Wildman–Crippen MR) is 101 cm³/mol. The van der Waals surface area contributed by atoms with Gasteiger partial charge in [0.2, 0.25) is 15.9 Å². The molecule has 148 valence electrons. The molecule has 0 N–H and O–H groups in total. The Bertz CT molecular complexity index is 932. The van der Waals surface area contributed by atoms with Crippen molar-refractivity contribution in [2.24, 2.45) is 7.05 Å². The first kappa shape index (κ1) is 19.8. The molecule has 0 atom stereocenters. The molecule has 1 fully saturated rings. The summed E-state index contributed by atoms with van der Waals surface area (Å²) in [4.78, 5) is 21.6. The van der Waals surface area contributed by atoms with Gasteiger partial charge in [-0.15, -0.1) is 0 Å². The number of benzene rings is 1. The van der Waals surface area contributed by atoms with Gasteiger partial charge in [0.05, 0.1) is 23.0 Å². The van der Waals surface area contributed by atoms with Crippen LogP contribution in [0.25, 0.3) is 11.0 Å². The molecule has 0 bridgehead atoms. The van der Waals surface area contributed by atoms with E-state index in [1.165, 1.54) is 12.2 Å². The third kappa shape index (κ3) is 3.99. The molecule has 3 rings (SSSR count). The quantitative estimate of drug-likeness (QED) is 0.696. The number of hydroxylamine groups is 2. The van der Waals surface area contributed by atoms with Crippen molar-refractivity contribution in [3.8, 4) is 0 Å². The van der Waals surface area contributed by atoms with Gasteiger partial charge in [0.25, 0.3) is 0 Å². The Morgan fingerprint density at radius 1 is 1.26 bits per heavy atom. The number of nitrogens with zero attached hydrogens (tertiary/aromatic N) is 4. The predicted octanol–water partition coefficient (Wildman–Crippen LogP) is 1.70. The highest BCUT2D eigenvalue weighted by molar-refractivity contribution is 7.89. The highest BCUT2D eigenvalue weighted by atomic mass is 32.2. The minimum Gasteiger partial charge on any atom is -0.331 e. The maximum Gasteiger partial charge on any atom is 0.246 e. The van der Waals surface area contributed by atoms with Gasteiger partial charge in [-0.1, -0.05) is 6.42 Å². The first-order chi connectivity index (χ1) is 12.8. The average Bonchev–Trinajstić information content (AvgIpc) is 3.01. The fourth-order valence-corrected chi connectivity index (χ4v) is 4.88. The van der Waals surface area contributed by atoms with Crippen LogP contribution in [0.4, 0.5) is 0 Å². The van der Waals surface area contributed by atoms with Crippen LogP contribution < -0.4 is 0 Å². The van der Waals surface area contributed by atoms with Gasteiger partial charge in [-0.2, -0.15) is 4.31 Å². The SMILES string of the molecule is CON(C)C(=O)CCc1nc2cc(S(=O)(=O)N3CCCCC3)ccc2n1C. The summed E-state index contributed by atoms with van der Waals surface area (Å²) in [5.41, 5.74) is 1.47. The molecule has 0 saturated carbocycles. The molecule has 1 aromatic carbocycles. The molecular weight excluding hydrogens is 368 g/mol. The van der Waals surface area contributed by atoms with Crippen molar-refractivity contribution in [2.45, 2.75) is 37.0 Å². The zero-order valence-electron chi connectivity index (χ0n) is 16.0. The maximum absolute atomic E-state index is 12.9. The molecule has 1 saturated heterocycles. The molecular formula is C18H26N4O4S. The molecule has 2 heterocycles. The summed E-state index contributed by atoms with van der Waals surface area (Å²) >= 11 is 0. The lowest BCUT2D eigenvalue weighted by Crippen LogP contribution is -2.35. The van der Waals surface area contributed by atoms with Crippen LogP contribution in [0.2, 0.25) is 0 Å². The van der Waals surface area contributed by atoms with Crippen molar-refractivity contribution >= 4 is 27.0 Å². The van der Waals surface area contributed by atoms with Crippen molar-refractivity contribution in [3.05, 3.63) is 24.0 Å². The molecule has 1 aromatic heterocycles. The molecule has 2 aromatic rings. The summed E-state index contributed by atoms with van der Waals surface area (Å²) in [5, 5.41) is 1.19. The molecule has 0 unspecified atom stereocenters. The van der Waals surface area contributed by atoms with Gasteiger partial charge < -0.3 is 4.57 Å². The number of hydrogen-bond donors (Lipinski definition) is 0. The third-order valence-corrected chi connectivity index (χ3v) is 6.98. The molecule has 1 amide bonds. The lowest BCUT2D eigenvalue weighted by Gasteiger charge is -2.25. The summed E-state index contributed by atoms with van der Waals surface area (Å²) in [6.07, 6.45) is 3.59. The molecule has 0 spiro atoms. The van der Waals surface area contributed by atoms with Gasteiger partial charge >= 0.3 is 0 Å². The van der Waals surface area contributed by atoms with E-state index in [9.17, 15) is 13.2 Å². The second kappa shape index (κ2) is 7.95.